The van der Waals surface area contributed by atoms with Crippen LogP contribution in [0.2, 0.25) is 0 Å². The summed E-state index contributed by atoms with van der Waals surface area (Å²) in [6.07, 6.45) is 1.51. The van der Waals surface area contributed by atoms with Crippen molar-refractivity contribution in [3.05, 3.63) is 64.5 Å². The summed E-state index contributed by atoms with van der Waals surface area (Å²) in [5, 5.41) is 11.6. The normalized spacial score (nSPS) is 13.3. The van der Waals surface area contributed by atoms with E-state index < -0.39 is 10.8 Å². The molecule has 0 aliphatic carbocycles. The number of nitro benzene ring substituents is 1. The van der Waals surface area contributed by atoms with Crippen molar-refractivity contribution in [3.63, 3.8) is 0 Å². The van der Waals surface area contributed by atoms with E-state index in [1.165, 1.54) is 32.7 Å². The van der Waals surface area contributed by atoms with Crippen molar-refractivity contribution in [2.75, 3.05) is 52.4 Å². The molecule has 4 rings (SSSR count). The van der Waals surface area contributed by atoms with Crippen LogP contribution in [0.5, 0.6) is 17.2 Å². The molecule has 1 saturated heterocycles. The number of aromatic nitrogens is 2. The van der Waals surface area contributed by atoms with E-state index in [-0.39, 0.29) is 22.7 Å². The molecular weight excluding hydrogens is 454 g/mol. The number of carbonyl (C=O) groups is 1. The molecule has 0 spiro atoms. The zero-order chi connectivity index (χ0) is 24.9. The van der Waals surface area contributed by atoms with Gasteiger partial charge in [-0.1, -0.05) is 0 Å². The molecule has 3 aromatic rings. The Morgan fingerprint density at radius 1 is 0.914 bits per heavy atom. The monoisotopic (exact) mass is 479 g/mol. The van der Waals surface area contributed by atoms with Crippen LogP contribution < -0.4 is 19.1 Å². The molecule has 0 unspecified atom stereocenters. The van der Waals surface area contributed by atoms with Gasteiger partial charge in [0.15, 0.2) is 11.5 Å². The molecule has 0 N–H and O–H groups in total. The lowest BCUT2D eigenvalue weighted by Crippen LogP contribution is -2.49. The van der Waals surface area contributed by atoms with Gasteiger partial charge in [-0.25, -0.2) is 9.97 Å². The van der Waals surface area contributed by atoms with Crippen molar-refractivity contribution < 1.29 is 23.9 Å². The topological polar surface area (TPSA) is 120 Å². The zero-order valence-corrected chi connectivity index (χ0v) is 19.6. The third-order valence-electron chi connectivity index (χ3n) is 5.86. The summed E-state index contributed by atoms with van der Waals surface area (Å²) >= 11 is 0. The highest BCUT2D eigenvalue weighted by atomic mass is 16.6. The molecule has 1 amide bonds. The minimum Gasteiger partial charge on any atom is -0.497 e. The van der Waals surface area contributed by atoms with Gasteiger partial charge in [-0.2, -0.15) is 0 Å². The largest absolute Gasteiger partial charge is 0.497 e. The Balaban J connectivity index is 1.49. The molecule has 35 heavy (non-hydrogen) atoms. The lowest BCUT2D eigenvalue weighted by atomic mass is 10.1. The van der Waals surface area contributed by atoms with E-state index in [0.29, 0.717) is 26.2 Å². The molecule has 1 aromatic heterocycles. The number of piperazine rings is 1. The average molecular weight is 479 g/mol. The number of benzene rings is 2. The number of hydrogen-bond donors (Lipinski definition) is 0. The van der Waals surface area contributed by atoms with Crippen molar-refractivity contribution in [3.8, 4) is 28.5 Å². The quantitative estimate of drug-likeness (QED) is 0.372. The van der Waals surface area contributed by atoms with E-state index >= 15 is 0 Å². The Labute approximate surface area is 202 Å². The predicted molar refractivity (Wildman–Crippen MR) is 128 cm³/mol. The second-order valence-electron chi connectivity index (χ2n) is 7.75. The average Bonchev–Trinajstić information content (AvgIpc) is 2.92. The van der Waals surface area contributed by atoms with E-state index in [1.54, 1.807) is 12.0 Å². The number of nitro groups is 1. The first kappa shape index (κ1) is 23.7. The SMILES string of the molecule is COc1ccc(-c2cc(N3CCN(C(=O)c4cc(OC)c(OC)cc4[N+](=O)[O-])CC3)ncn2)cc1. The second-order valence-corrected chi connectivity index (χ2v) is 7.75. The first-order valence-electron chi connectivity index (χ1n) is 10.9. The Morgan fingerprint density at radius 3 is 2.17 bits per heavy atom. The minimum absolute atomic E-state index is 0.0371. The Bertz CT molecular complexity index is 1230. The molecule has 0 saturated carbocycles. The summed E-state index contributed by atoms with van der Waals surface area (Å²) in [6, 6.07) is 12.1. The number of carbonyl (C=O) groups excluding carboxylic acids is 1. The summed E-state index contributed by atoms with van der Waals surface area (Å²) < 4.78 is 15.6. The van der Waals surface area contributed by atoms with Gasteiger partial charge in [0.25, 0.3) is 11.6 Å². The van der Waals surface area contributed by atoms with E-state index in [0.717, 1.165) is 22.8 Å². The van der Waals surface area contributed by atoms with Gasteiger partial charge in [0.05, 0.1) is 38.0 Å². The number of hydrogen-bond acceptors (Lipinski definition) is 9. The first-order chi connectivity index (χ1) is 16.9. The van der Waals surface area contributed by atoms with Gasteiger partial charge in [0.2, 0.25) is 0 Å². The molecule has 2 heterocycles. The Hall–Kier alpha value is -4.41. The van der Waals surface area contributed by atoms with Gasteiger partial charge < -0.3 is 24.0 Å². The number of nitrogens with zero attached hydrogens (tertiary/aromatic N) is 5. The molecule has 11 heteroatoms. The van der Waals surface area contributed by atoms with Crippen molar-refractivity contribution in [1.29, 1.82) is 0 Å². The van der Waals surface area contributed by atoms with Gasteiger partial charge in [0.1, 0.15) is 23.5 Å². The molecule has 1 fully saturated rings. The van der Waals surface area contributed by atoms with Gasteiger partial charge in [-0.15, -0.1) is 0 Å². The third kappa shape index (κ3) is 4.93. The molecule has 1 aliphatic rings. The fourth-order valence-corrected chi connectivity index (χ4v) is 3.94. The maximum absolute atomic E-state index is 13.2. The van der Waals surface area contributed by atoms with Gasteiger partial charge in [-0.05, 0) is 24.3 Å². The van der Waals surface area contributed by atoms with Crippen LogP contribution in [0, 0.1) is 10.1 Å². The summed E-state index contributed by atoms with van der Waals surface area (Å²) in [7, 11) is 4.42. The maximum atomic E-state index is 13.2. The van der Waals surface area contributed by atoms with Gasteiger partial charge >= 0.3 is 0 Å². The summed E-state index contributed by atoms with van der Waals surface area (Å²) in [5.74, 6) is 1.52. The standard InChI is InChI=1S/C24H25N5O6/c1-33-17-6-4-16(5-7-17)19-13-23(26-15-25-19)27-8-10-28(11-9-27)24(30)18-12-21(34-2)22(35-3)14-20(18)29(31)32/h4-7,12-15H,8-11H2,1-3H3. The van der Waals surface area contributed by atoms with Crippen molar-refractivity contribution in [2.24, 2.45) is 0 Å². The van der Waals surface area contributed by atoms with Crippen LogP contribution in [0.15, 0.2) is 48.8 Å². The second kappa shape index (κ2) is 10.2. The molecular formula is C24H25N5O6. The first-order valence-corrected chi connectivity index (χ1v) is 10.9. The zero-order valence-electron chi connectivity index (χ0n) is 19.6. The maximum Gasteiger partial charge on any atom is 0.286 e. The fourth-order valence-electron chi connectivity index (χ4n) is 3.94. The van der Waals surface area contributed by atoms with Crippen LogP contribution in [0.3, 0.4) is 0 Å². The van der Waals surface area contributed by atoms with Crippen LogP contribution in [0.25, 0.3) is 11.3 Å². The number of rotatable bonds is 7. The Kier molecular flexibility index (Phi) is 6.95. The highest BCUT2D eigenvalue weighted by Crippen LogP contribution is 2.35. The van der Waals surface area contributed by atoms with Crippen molar-refractivity contribution in [2.45, 2.75) is 0 Å². The third-order valence-corrected chi connectivity index (χ3v) is 5.86. The number of methoxy groups -OCH3 is 3. The van der Waals surface area contributed by atoms with Gasteiger partial charge in [-0.3, -0.25) is 14.9 Å². The van der Waals surface area contributed by atoms with Crippen LogP contribution in [-0.4, -0.2) is 73.2 Å². The lowest BCUT2D eigenvalue weighted by molar-refractivity contribution is -0.385. The highest BCUT2D eigenvalue weighted by molar-refractivity contribution is 5.99. The van der Waals surface area contributed by atoms with Crippen LogP contribution in [0.1, 0.15) is 10.4 Å². The smallest absolute Gasteiger partial charge is 0.286 e. The number of anilines is 1. The van der Waals surface area contributed by atoms with Crippen LogP contribution in [-0.2, 0) is 0 Å². The van der Waals surface area contributed by atoms with Crippen LogP contribution >= 0.6 is 0 Å². The molecule has 0 radical (unpaired) electrons. The van der Waals surface area contributed by atoms with E-state index in [1.807, 2.05) is 30.3 Å². The highest BCUT2D eigenvalue weighted by Gasteiger charge is 2.30. The Morgan fingerprint density at radius 2 is 1.57 bits per heavy atom. The summed E-state index contributed by atoms with van der Waals surface area (Å²) in [6.45, 7) is 1.80. The predicted octanol–water partition coefficient (Wildman–Crippen LogP) is 3.04. The van der Waals surface area contributed by atoms with Gasteiger partial charge in [0, 0.05) is 43.9 Å². The molecule has 0 atom stereocenters. The molecule has 11 nitrogen and oxygen atoms in total. The van der Waals surface area contributed by atoms with Crippen molar-refractivity contribution in [1.82, 2.24) is 14.9 Å². The molecule has 0 bridgehead atoms. The summed E-state index contributed by atoms with van der Waals surface area (Å²) in [5.41, 5.74) is 1.35. The lowest BCUT2D eigenvalue weighted by Gasteiger charge is -2.35. The van der Waals surface area contributed by atoms with E-state index in [9.17, 15) is 14.9 Å². The minimum atomic E-state index is -0.590. The van der Waals surface area contributed by atoms with Crippen molar-refractivity contribution >= 4 is 17.4 Å². The molecule has 182 valence electrons. The fraction of sp³-hybridized carbons (Fsp3) is 0.292. The van der Waals surface area contributed by atoms with Crippen LogP contribution in [0.4, 0.5) is 11.5 Å². The van der Waals surface area contributed by atoms with E-state index in [4.69, 9.17) is 14.2 Å². The van der Waals surface area contributed by atoms with E-state index in [2.05, 4.69) is 14.9 Å². The molecule has 2 aromatic carbocycles. The number of ether oxygens (including phenoxy) is 3. The summed E-state index contributed by atoms with van der Waals surface area (Å²) in [4.78, 5) is 36.6. The molecule has 1 aliphatic heterocycles. The number of amides is 1.